The summed E-state index contributed by atoms with van der Waals surface area (Å²) < 4.78 is 5.42. The molecule has 0 saturated heterocycles. The van der Waals surface area contributed by atoms with Crippen molar-refractivity contribution in [3.8, 4) is 11.1 Å². The predicted molar refractivity (Wildman–Crippen MR) is 223 cm³/mol. The first-order chi connectivity index (χ1) is 26.7. The molecular formula is C44H36ClN3O5S2. The van der Waals surface area contributed by atoms with E-state index in [-0.39, 0.29) is 18.2 Å². The quantitative estimate of drug-likeness (QED) is 0.0610. The maximum atomic E-state index is 14.2. The fourth-order valence-electron chi connectivity index (χ4n) is 5.55. The fourth-order valence-corrected chi connectivity index (χ4v) is 7.79. The molecule has 3 N–H and O–H groups in total. The van der Waals surface area contributed by atoms with Crippen LogP contribution < -0.4 is 16.0 Å². The van der Waals surface area contributed by atoms with Gasteiger partial charge in [0.15, 0.2) is 0 Å². The van der Waals surface area contributed by atoms with Gasteiger partial charge in [-0.25, -0.2) is 4.79 Å². The Balaban J connectivity index is 1.26. The molecule has 8 nitrogen and oxygen atoms in total. The number of nitrogens with one attached hydrogen (secondary N) is 3. The van der Waals surface area contributed by atoms with Crippen LogP contribution in [0.15, 0.2) is 149 Å². The lowest BCUT2D eigenvalue weighted by atomic mass is 10.0. The molecule has 0 aliphatic carbocycles. The van der Waals surface area contributed by atoms with Gasteiger partial charge in [0.1, 0.15) is 21.5 Å². The molecule has 3 amide bonds. The van der Waals surface area contributed by atoms with Gasteiger partial charge < -0.3 is 20.7 Å². The topological polar surface area (TPSA) is 114 Å². The van der Waals surface area contributed by atoms with Gasteiger partial charge in [0.05, 0.1) is 6.61 Å². The van der Waals surface area contributed by atoms with Gasteiger partial charge in [-0.2, -0.15) is 0 Å². The standard InChI is InChI=1S/C44H36ClN3O5S2/c1-3-53-44(52)38-35(29-23-21-28(2)22-24-29)27-54-43(38)48-42(51)39(30-13-6-4-7-14-30)55-34-19-12-18-33(26-34)46-41(50)37(25-32-17-10-11-20-36(32)45)47-40(49)31-15-8-5-9-16-31/h4-27,39H,3H2,1-2H3,(H,46,50)(H,47,49)(H,48,51)/b37-25+. The number of amides is 3. The third-order valence-electron chi connectivity index (χ3n) is 8.29. The monoisotopic (exact) mass is 785 g/mol. The highest BCUT2D eigenvalue weighted by Gasteiger charge is 2.28. The molecule has 6 aromatic rings. The largest absolute Gasteiger partial charge is 0.462 e. The molecular weight excluding hydrogens is 750 g/mol. The van der Waals surface area contributed by atoms with E-state index in [1.165, 1.54) is 29.2 Å². The van der Waals surface area contributed by atoms with Crippen LogP contribution in [0.4, 0.5) is 10.7 Å². The van der Waals surface area contributed by atoms with Gasteiger partial charge in [0, 0.05) is 32.1 Å². The van der Waals surface area contributed by atoms with E-state index in [4.69, 9.17) is 16.3 Å². The van der Waals surface area contributed by atoms with Gasteiger partial charge in [0.2, 0.25) is 5.91 Å². The van der Waals surface area contributed by atoms with E-state index >= 15 is 0 Å². The van der Waals surface area contributed by atoms with Crippen LogP contribution in [-0.4, -0.2) is 30.3 Å². The van der Waals surface area contributed by atoms with Crippen molar-refractivity contribution < 1.29 is 23.9 Å². The van der Waals surface area contributed by atoms with Crippen molar-refractivity contribution in [1.29, 1.82) is 0 Å². The molecule has 0 radical (unpaired) electrons. The Bertz CT molecular complexity index is 2350. The van der Waals surface area contributed by atoms with Gasteiger partial charge in [-0.1, -0.05) is 114 Å². The molecule has 1 unspecified atom stereocenters. The summed E-state index contributed by atoms with van der Waals surface area (Å²) in [5.74, 6) is -1.90. The lowest BCUT2D eigenvalue weighted by molar-refractivity contribution is -0.116. The smallest absolute Gasteiger partial charge is 0.341 e. The van der Waals surface area contributed by atoms with Crippen molar-refractivity contribution in [1.82, 2.24) is 5.32 Å². The molecule has 1 heterocycles. The number of anilines is 2. The fraction of sp³-hybridized carbons (Fsp3) is 0.0909. The number of thiophene rings is 1. The first-order valence-electron chi connectivity index (χ1n) is 17.3. The minimum atomic E-state index is -0.743. The van der Waals surface area contributed by atoms with Crippen molar-refractivity contribution in [2.75, 3.05) is 17.2 Å². The predicted octanol–water partition coefficient (Wildman–Crippen LogP) is 10.4. The van der Waals surface area contributed by atoms with E-state index < -0.39 is 23.0 Å². The maximum Gasteiger partial charge on any atom is 0.341 e. The lowest BCUT2D eigenvalue weighted by Crippen LogP contribution is -2.30. The van der Waals surface area contributed by atoms with Crippen LogP contribution >= 0.6 is 34.7 Å². The van der Waals surface area contributed by atoms with Gasteiger partial charge in [-0.15, -0.1) is 23.1 Å². The SMILES string of the molecule is CCOC(=O)c1c(-c2ccc(C)cc2)csc1NC(=O)C(Sc1cccc(NC(=O)/C(=C\c2ccccc2Cl)NC(=O)c2ccccc2)c1)c1ccccc1. The zero-order valence-electron chi connectivity index (χ0n) is 29.9. The number of hydrogen-bond donors (Lipinski definition) is 3. The average Bonchev–Trinajstić information content (AvgIpc) is 3.62. The van der Waals surface area contributed by atoms with Gasteiger partial charge in [-0.3, -0.25) is 14.4 Å². The minimum absolute atomic E-state index is 0.0140. The highest BCUT2D eigenvalue weighted by Crippen LogP contribution is 2.40. The van der Waals surface area contributed by atoms with Crippen LogP contribution in [0.1, 0.15) is 49.6 Å². The van der Waals surface area contributed by atoms with Crippen molar-refractivity contribution >= 4 is 75.2 Å². The summed E-state index contributed by atoms with van der Waals surface area (Å²) in [7, 11) is 0. The van der Waals surface area contributed by atoms with Gasteiger partial charge in [-0.05, 0) is 73.0 Å². The van der Waals surface area contributed by atoms with Crippen molar-refractivity contribution in [3.05, 3.63) is 177 Å². The number of benzene rings is 5. The van der Waals surface area contributed by atoms with Gasteiger partial charge in [0.25, 0.3) is 11.8 Å². The molecule has 0 fully saturated rings. The first-order valence-corrected chi connectivity index (χ1v) is 19.5. The van der Waals surface area contributed by atoms with Crippen LogP contribution in [0.3, 0.4) is 0 Å². The molecule has 11 heteroatoms. The summed E-state index contributed by atoms with van der Waals surface area (Å²) in [6, 6.07) is 39.8. The summed E-state index contributed by atoms with van der Waals surface area (Å²) in [4.78, 5) is 55.1. The van der Waals surface area contributed by atoms with E-state index in [1.807, 2.05) is 73.0 Å². The zero-order chi connectivity index (χ0) is 38.7. The highest BCUT2D eigenvalue weighted by atomic mass is 35.5. The Morgan fingerprint density at radius 2 is 1.51 bits per heavy atom. The first kappa shape index (κ1) is 38.8. The average molecular weight is 786 g/mol. The third kappa shape index (κ3) is 9.98. The second-order valence-corrected chi connectivity index (χ2v) is 14.7. The Hall–Kier alpha value is -5.94. The second-order valence-electron chi connectivity index (χ2n) is 12.2. The molecule has 0 aliphatic heterocycles. The Kier molecular flexibility index (Phi) is 13.0. The summed E-state index contributed by atoms with van der Waals surface area (Å²) in [5.41, 5.74) is 4.98. The second kappa shape index (κ2) is 18.4. The maximum absolute atomic E-state index is 14.2. The molecule has 1 atom stereocenters. The van der Waals surface area contributed by atoms with E-state index in [0.717, 1.165) is 16.7 Å². The zero-order valence-corrected chi connectivity index (χ0v) is 32.3. The van der Waals surface area contributed by atoms with Crippen LogP contribution in [0, 0.1) is 6.92 Å². The summed E-state index contributed by atoms with van der Waals surface area (Å²) in [5, 5.41) is 10.5. The number of ether oxygens (including phenoxy) is 1. The summed E-state index contributed by atoms with van der Waals surface area (Å²) >= 11 is 8.95. The van der Waals surface area contributed by atoms with Crippen LogP contribution in [0.2, 0.25) is 5.02 Å². The number of carbonyl (C=O) groups is 4. The normalized spacial score (nSPS) is 11.7. The number of esters is 1. The van der Waals surface area contributed by atoms with E-state index in [0.29, 0.717) is 42.9 Å². The number of aryl methyl sites for hydroxylation is 1. The Labute approximate surface area is 332 Å². The molecule has 1 aromatic heterocycles. The number of rotatable bonds is 13. The number of carbonyl (C=O) groups excluding carboxylic acids is 4. The van der Waals surface area contributed by atoms with Gasteiger partial charge >= 0.3 is 5.97 Å². The molecule has 55 heavy (non-hydrogen) atoms. The van der Waals surface area contributed by atoms with Crippen LogP contribution in [-0.2, 0) is 14.3 Å². The number of halogens is 1. The van der Waals surface area contributed by atoms with E-state index in [2.05, 4.69) is 16.0 Å². The number of hydrogen-bond acceptors (Lipinski definition) is 7. The third-order valence-corrected chi connectivity index (χ3v) is 10.8. The van der Waals surface area contributed by atoms with Crippen molar-refractivity contribution in [3.63, 3.8) is 0 Å². The van der Waals surface area contributed by atoms with Crippen molar-refractivity contribution in [2.24, 2.45) is 0 Å². The molecule has 0 spiro atoms. The van der Waals surface area contributed by atoms with E-state index in [9.17, 15) is 19.2 Å². The lowest BCUT2D eigenvalue weighted by Gasteiger charge is -2.18. The molecule has 6 rings (SSSR count). The van der Waals surface area contributed by atoms with E-state index in [1.54, 1.807) is 79.7 Å². The molecule has 0 aliphatic rings. The summed E-state index contributed by atoms with van der Waals surface area (Å²) in [6.45, 7) is 3.91. The highest BCUT2D eigenvalue weighted by molar-refractivity contribution is 8.00. The molecule has 5 aromatic carbocycles. The summed E-state index contributed by atoms with van der Waals surface area (Å²) in [6.07, 6.45) is 1.52. The van der Waals surface area contributed by atoms with Crippen LogP contribution in [0.25, 0.3) is 17.2 Å². The molecule has 0 saturated carbocycles. The minimum Gasteiger partial charge on any atom is -0.462 e. The number of thioether (sulfide) groups is 1. The Morgan fingerprint density at radius 3 is 2.22 bits per heavy atom. The van der Waals surface area contributed by atoms with Crippen LogP contribution in [0.5, 0.6) is 0 Å². The Morgan fingerprint density at radius 1 is 0.818 bits per heavy atom. The molecule has 276 valence electrons. The molecule has 0 bridgehead atoms. The van der Waals surface area contributed by atoms with Crippen molar-refractivity contribution in [2.45, 2.75) is 24.0 Å².